The van der Waals surface area contributed by atoms with Crippen molar-refractivity contribution in [3.63, 3.8) is 0 Å². The van der Waals surface area contributed by atoms with Gasteiger partial charge in [-0.3, -0.25) is 0 Å². The Morgan fingerprint density at radius 1 is 1.05 bits per heavy atom. The van der Waals surface area contributed by atoms with Crippen molar-refractivity contribution in [2.45, 2.75) is 25.4 Å². The van der Waals surface area contributed by atoms with E-state index in [-0.39, 0.29) is 30.9 Å². The highest BCUT2D eigenvalue weighted by Gasteiger charge is 2.23. The van der Waals surface area contributed by atoms with E-state index in [1.54, 1.807) is 13.2 Å². The summed E-state index contributed by atoms with van der Waals surface area (Å²) in [5.74, 6) is 2.63. The average molecular weight is 615 g/mol. The van der Waals surface area contributed by atoms with Crippen LogP contribution in [-0.4, -0.2) is 92.6 Å². The number of anilines is 2. The number of rotatable bonds is 10. The third-order valence-corrected chi connectivity index (χ3v) is 7.40. The van der Waals surface area contributed by atoms with Gasteiger partial charge >= 0.3 is 0 Å². The van der Waals surface area contributed by atoms with Gasteiger partial charge in [0.25, 0.3) is 0 Å². The number of likely N-dealkylation sites (N-methyl/N-ethyl adjacent to an activating group) is 1. The first kappa shape index (κ1) is 32.2. The van der Waals surface area contributed by atoms with Crippen molar-refractivity contribution in [2.24, 2.45) is 0 Å². The molecule has 9 nitrogen and oxygen atoms in total. The molecule has 12 heteroatoms. The SMILES string of the molecule is COc1ccc(Cl)c(Nc2ncnc3ccc(OCCCN4CCN(C)CC4)c(OC4CCOCC4)c23)c1.Cl.Cl. The van der Waals surface area contributed by atoms with Gasteiger partial charge in [-0.2, -0.15) is 0 Å². The van der Waals surface area contributed by atoms with Crippen LogP contribution < -0.4 is 19.5 Å². The van der Waals surface area contributed by atoms with E-state index in [4.69, 9.17) is 30.5 Å². The summed E-state index contributed by atoms with van der Waals surface area (Å²) in [6, 6.07) is 9.35. The molecule has 0 radical (unpaired) electrons. The van der Waals surface area contributed by atoms with Crippen molar-refractivity contribution in [2.75, 3.05) is 72.0 Å². The van der Waals surface area contributed by atoms with Crippen molar-refractivity contribution in [1.29, 1.82) is 0 Å². The van der Waals surface area contributed by atoms with Crippen LogP contribution in [-0.2, 0) is 4.74 Å². The molecule has 2 saturated heterocycles. The monoisotopic (exact) mass is 613 g/mol. The lowest BCUT2D eigenvalue weighted by molar-refractivity contribution is 0.0249. The van der Waals surface area contributed by atoms with Gasteiger partial charge in [-0.1, -0.05) is 11.6 Å². The summed E-state index contributed by atoms with van der Waals surface area (Å²) in [5.41, 5.74) is 1.44. The Bertz CT molecular complexity index is 1220. The van der Waals surface area contributed by atoms with Gasteiger partial charge in [0.1, 0.15) is 24.0 Å². The van der Waals surface area contributed by atoms with Gasteiger partial charge in [0.2, 0.25) is 0 Å². The number of halogens is 3. The van der Waals surface area contributed by atoms with Crippen molar-refractivity contribution in [1.82, 2.24) is 19.8 Å². The van der Waals surface area contributed by atoms with E-state index in [0.29, 0.717) is 53.6 Å². The van der Waals surface area contributed by atoms with E-state index in [9.17, 15) is 0 Å². The Hall–Kier alpha value is -2.27. The first-order valence-electron chi connectivity index (χ1n) is 13.3. The molecule has 3 aromatic rings. The fraction of sp³-hybridized carbons (Fsp3) is 0.500. The van der Waals surface area contributed by atoms with E-state index < -0.39 is 0 Å². The van der Waals surface area contributed by atoms with Gasteiger partial charge in [-0.05, 0) is 37.7 Å². The summed E-state index contributed by atoms with van der Waals surface area (Å²) in [5, 5.41) is 4.69. The van der Waals surface area contributed by atoms with Crippen LogP contribution in [0, 0.1) is 0 Å². The number of methoxy groups -OCH3 is 1. The maximum atomic E-state index is 6.61. The van der Waals surface area contributed by atoms with Crippen LogP contribution in [0.2, 0.25) is 5.02 Å². The minimum Gasteiger partial charge on any atom is -0.497 e. The molecule has 3 heterocycles. The average Bonchev–Trinajstić information content (AvgIpc) is 2.94. The number of nitrogens with zero attached hydrogens (tertiary/aromatic N) is 4. The number of ether oxygens (including phenoxy) is 4. The van der Waals surface area contributed by atoms with Gasteiger partial charge in [0.15, 0.2) is 11.5 Å². The second-order valence-electron chi connectivity index (χ2n) is 9.76. The lowest BCUT2D eigenvalue weighted by Crippen LogP contribution is -2.44. The fourth-order valence-corrected chi connectivity index (χ4v) is 4.95. The Morgan fingerprint density at radius 3 is 2.58 bits per heavy atom. The predicted molar refractivity (Wildman–Crippen MR) is 164 cm³/mol. The van der Waals surface area contributed by atoms with Gasteiger partial charge in [0, 0.05) is 51.6 Å². The van der Waals surface area contributed by atoms with Crippen molar-refractivity contribution in [3.8, 4) is 17.2 Å². The van der Waals surface area contributed by atoms with Crippen LogP contribution in [0.15, 0.2) is 36.7 Å². The van der Waals surface area contributed by atoms with Gasteiger partial charge in [-0.25, -0.2) is 9.97 Å². The van der Waals surface area contributed by atoms with Crippen LogP contribution >= 0.6 is 36.4 Å². The molecule has 1 aromatic heterocycles. The summed E-state index contributed by atoms with van der Waals surface area (Å²) >= 11 is 6.50. The summed E-state index contributed by atoms with van der Waals surface area (Å²) in [6.45, 7) is 7.40. The Kier molecular flexibility index (Phi) is 12.6. The molecule has 0 unspecified atom stereocenters. The number of fused-ring (bicyclic) bond motifs is 1. The van der Waals surface area contributed by atoms with E-state index >= 15 is 0 Å². The zero-order valence-electron chi connectivity index (χ0n) is 22.9. The van der Waals surface area contributed by atoms with E-state index in [1.165, 1.54) is 6.33 Å². The predicted octanol–water partition coefficient (Wildman–Crippen LogP) is 5.45. The largest absolute Gasteiger partial charge is 0.497 e. The molecule has 0 saturated carbocycles. The van der Waals surface area contributed by atoms with Crippen LogP contribution in [0.5, 0.6) is 17.2 Å². The molecular weight excluding hydrogens is 577 g/mol. The molecule has 0 atom stereocenters. The van der Waals surface area contributed by atoms with Crippen molar-refractivity contribution >= 4 is 58.8 Å². The standard InChI is InChI=1S/C28H36ClN5O4.2ClH/c1-33-11-13-34(14-12-33)10-3-15-37-25-7-6-23-26(27(25)38-20-8-16-36-17-9-20)28(31-19-30-23)32-24-18-21(35-2)4-5-22(24)29;;/h4-7,18-20H,3,8-17H2,1-2H3,(H,30,31,32);2*1H. The zero-order chi connectivity index (χ0) is 26.3. The molecule has 1 N–H and O–H groups in total. The molecule has 0 bridgehead atoms. The number of aromatic nitrogens is 2. The third kappa shape index (κ3) is 8.15. The van der Waals surface area contributed by atoms with Crippen LogP contribution in [0.3, 0.4) is 0 Å². The Labute approximate surface area is 253 Å². The molecule has 2 fully saturated rings. The molecule has 0 aliphatic carbocycles. The molecule has 40 heavy (non-hydrogen) atoms. The quantitative estimate of drug-likeness (QED) is 0.300. The highest BCUT2D eigenvalue weighted by Crippen LogP contribution is 2.41. The van der Waals surface area contributed by atoms with E-state index in [1.807, 2.05) is 24.3 Å². The lowest BCUT2D eigenvalue weighted by atomic mass is 10.1. The number of piperazine rings is 1. The van der Waals surface area contributed by atoms with Crippen LogP contribution in [0.1, 0.15) is 19.3 Å². The smallest absolute Gasteiger partial charge is 0.174 e. The topological polar surface area (TPSA) is 81.2 Å². The number of hydrogen-bond donors (Lipinski definition) is 1. The van der Waals surface area contributed by atoms with E-state index in [0.717, 1.165) is 62.9 Å². The fourth-order valence-electron chi connectivity index (χ4n) is 4.79. The minimum atomic E-state index is 0. The first-order chi connectivity index (χ1) is 18.6. The normalized spacial score (nSPS) is 16.6. The first-order valence-corrected chi connectivity index (χ1v) is 13.6. The summed E-state index contributed by atoms with van der Waals surface area (Å²) in [7, 11) is 3.80. The van der Waals surface area contributed by atoms with Gasteiger partial charge < -0.3 is 34.1 Å². The Morgan fingerprint density at radius 2 is 1.82 bits per heavy atom. The molecule has 0 spiro atoms. The Balaban J connectivity index is 0.00000220. The second kappa shape index (κ2) is 15.7. The highest BCUT2D eigenvalue weighted by atomic mass is 35.5. The van der Waals surface area contributed by atoms with Crippen molar-refractivity contribution in [3.05, 3.63) is 41.7 Å². The summed E-state index contributed by atoms with van der Waals surface area (Å²) in [6.07, 6.45) is 4.13. The van der Waals surface area contributed by atoms with Crippen LogP contribution in [0.25, 0.3) is 10.9 Å². The maximum Gasteiger partial charge on any atom is 0.174 e. The zero-order valence-corrected chi connectivity index (χ0v) is 25.3. The molecular formula is C28H38Cl3N5O4. The van der Waals surface area contributed by atoms with E-state index in [2.05, 4.69) is 32.1 Å². The number of hydrogen-bond acceptors (Lipinski definition) is 9. The minimum absolute atomic E-state index is 0. The summed E-state index contributed by atoms with van der Waals surface area (Å²) < 4.78 is 23.9. The molecule has 5 rings (SSSR count). The molecule has 220 valence electrons. The van der Waals surface area contributed by atoms with Gasteiger partial charge in [0.05, 0.1) is 48.5 Å². The molecule has 2 aliphatic rings. The summed E-state index contributed by atoms with van der Waals surface area (Å²) in [4.78, 5) is 13.9. The van der Waals surface area contributed by atoms with Crippen molar-refractivity contribution < 1.29 is 18.9 Å². The third-order valence-electron chi connectivity index (χ3n) is 7.07. The number of nitrogens with one attached hydrogen (secondary N) is 1. The molecule has 2 aliphatic heterocycles. The molecule has 0 amide bonds. The molecule has 2 aromatic carbocycles. The van der Waals surface area contributed by atoms with Crippen LogP contribution in [0.4, 0.5) is 11.5 Å². The second-order valence-corrected chi connectivity index (χ2v) is 10.2. The number of benzene rings is 2. The maximum absolute atomic E-state index is 6.61. The van der Waals surface area contributed by atoms with Gasteiger partial charge in [-0.15, -0.1) is 24.8 Å². The lowest BCUT2D eigenvalue weighted by Gasteiger charge is -2.32. The highest BCUT2D eigenvalue weighted by molar-refractivity contribution is 6.33.